The average Bonchev–Trinajstić information content (AvgIpc) is 2.88. The van der Waals surface area contributed by atoms with E-state index in [1.165, 1.54) is 6.07 Å². The Labute approximate surface area is 115 Å². The molecule has 2 nitrogen and oxygen atoms in total. The van der Waals surface area contributed by atoms with E-state index in [-0.39, 0.29) is 11.9 Å². The van der Waals surface area contributed by atoms with Crippen molar-refractivity contribution < 1.29 is 9.50 Å². The van der Waals surface area contributed by atoms with Crippen LogP contribution in [-0.2, 0) is 6.42 Å². The topological polar surface area (TPSA) is 23.5 Å². The van der Waals surface area contributed by atoms with Crippen LogP contribution in [0.5, 0.6) is 0 Å². The molecule has 0 aliphatic carbocycles. The molecule has 0 saturated carbocycles. The highest BCUT2D eigenvalue weighted by atomic mass is 79.9. The van der Waals surface area contributed by atoms with Crippen molar-refractivity contribution in [2.24, 2.45) is 0 Å². The number of fused-ring (bicyclic) bond motifs is 1. The molecule has 18 heavy (non-hydrogen) atoms. The summed E-state index contributed by atoms with van der Waals surface area (Å²) >= 11 is 3.26. The van der Waals surface area contributed by atoms with Crippen LogP contribution < -0.4 is 0 Å². The van der Waals surface area contributed by atoms with E-state index in [9.17, 15) is 9.50 Å². The number of halogens is 2. The minimum atomic E-state index is -0.745. The summed E-state index contributed by atoms with van der Waals surface area (Å²) in [6, 6.07) is 5.30. The Bertz CT molecular complexity index is 467. The molecule has 98 valence electrons. The fraction of sp³-hybridized carbons (Fsp3) is 0.571. The predicted molar refractivity (Wildman–Crippen MR) is 72.0 cm³/mol. The molecule has 2 aliphatic heterocycles. The predicted octanol–water partition coefficient (Wildman–Crippen LogP) is 2.73. The van der Waals surface area contributed by atoms with Gasteiger partial charge in [-0.3, -0.25) is 4.90 Å². The normalized spacial score (nSPS) is 31.8. The molecule has 2 atom stereocenters. The Morgan fingerprint density at radius 3 is 3.06 bits per heavy atom. The Morgan fingerprint density at radius 2 is 2.28 bits per heavy atom. The van der Waals surface area contributed by atoms with Gasteiger partial charge in [0, 0.05) is 23.5 Å². The van der Waals surface area contributed by atoms with Gasteiger partial charge in [0.15, 0.2) is 0 Å². The minimum Gasteiger partial charge on any atom is -0.388 e. The fourth-order valence-corrected chi connectivity index (χ4v) is 3.74. The number of benzene rings is 1. The van der Waals surface area contributed by atoms with Gasteiger partial charge in [0.05, 0.1) is 5.60 Å². The van der Waals surface area contributed by atoms with Crippen molar-refractivity contribution in [3.8, 4) is 0 Å². The second-order valence-electron chi connectivity index (χ2n) is 5.46. The number of hydrogen-bond donors (Lipinski definition) is 1. The van der Waals surface area contributed by atoms with Crippen LogP contribution in [0.4, 0.5) is 4.39 Å². The lowest BCUT2D eigenvalue weighted by atomic mass is 9.86. The fourth-order valence-electron chi connectivity index (χ4n) is 3.41. The molecule has 0 amide bonds. The van der Waals surface area contributed by atoms with Gasteiger partial charge in [-0.25, -0.2) is 4.39 Å². The van der Waals surface area contributed by atoms with Crippen LogP contribution in [0.15, 0.2) is 22.7 Å². The van der Waals surface area contributed by atoms with Crippen LogP contribution >= 0.6 is 15.9 Å². The summed E-state index contributed by atoms with van der Waals surface area (Å²) in [5, 5.41) is 10.8. The van der Waals surface area contributed by atoms with Crippen molar-refractivity contribution in [3.05, 3.63) is 34.1 Å². The first kappa shape index (κ1) is 12.6. The SMILES string of the molecule is OC1(Cc2ccc(Br)cc2F)CCN2CCCC21. The summed E-state index contributed by atoms with van der Waals surface area (Å²) in [6.45, 7) is 2.02. The van der Waals surface area contributed by atoms with E-state index in [0.717, 1.165) is 36.8 Å². The van der Waals surface area contributed by atoms with E-state index in [2.05, 4.69) is 20.8 Å². The Kier molecular flexibility index (Phi) is 3.20. The summed E-state index contributed by atoms with van der Waals surface area (Å²) in [7, 11) is 0. The first-order valence-corrected chi connectivity index (χ1v) is 7.28. The Morgan fingerprint density at radius 1 is 1.44 bits per heavy atom. The van der Waals surface area contributed by atoms with Gasteiger partial charge in [0.1, 0.15) is 5.82 Å². The quantitative estimate of drug-likeness (QED) is 0.907. The lowest BCUT2D eigenvalue weighted by Crippen LogP contribution is -2.43. The van der Waals surface area contributed by atoms with Crippen LogP contribution in [0.25, 0.3) is 0 Å². The minimum absolute atomic E-state index is 0.223. The molecule has 0 spiro atoms. The lowest BCUT2D eigenvalue weighted by Gasteiger charge is -2.30. The molecule has 1 N–H and O–H groups in total. The van der Waals surface area contributed by atoms with Crippen LogP contribution in [-0.4, -0.2) is 34.7 Å². The maximum Gasteiger partial charge on any atom is 0.127 e. The van der Waals surface area contributed by atoms with Gasteiger partial charge in [0.2, 0.25) is 0 Å². The van der Waals surface area contributed by atoms with Crippen molar-refractivity contribution in [3.63, 3.8) is 0 Å². The van der Waals surface area contributed by atoms with Crippen LogP contribution in [0, 0.1) is 5.82 Å². The third-order valence-electron chi connectivity index (χ3n) is 4.33. The van der Waals surface area contributed by atoms with Gasteiger partial charge in [-0.05, 0) is 43.5 Å². The van der Waals surface area contributed by atoms with Crippen molar-refractivity contribution >= 4 is 15.9 Å². The molecule has 2 fully saturated rings. The highest BCUT2D eigenvalue weighted by molar-refractivity contribution is 9.10. The van der Waals surface area contributed by atoms with E-state index in [0.29, 0.717) is 12.0 Å². The zero-order valence-corrected chi connectivity index (χ0v) is 11.8. The van der Waals surface area contributed by atoms with E-state index in [1.807, 2.05) is 6.07 Å². The van der Waals surface area contributed by atoms with Gasteiger partial charge in [-0.15, -0.1) is 0 Å². The molecule has 0 aromatic heterocycles. The van der Waals surface area contributed by atoms with Gasteiger partial charge in [-0.2, -0.15) is 0 Å². The van der Waals surface area contributed by atoms with Gasteiger partial charge < -0.3 is 5.11 Å². The third-order valence-corrected chi connectivity index (χ3v) is 4.82. The molecule has 2 unspecified atom stereocenters. The first-order chi connectivity index (χ1) is 8.58. The maximum absolute atomic E-state index is 13.9. The molecule has 2 aliphatic rings. The lowest BCUT2D eigenvalue weighted by molar-refractivity contribution is 0.0134. The second kappa shape index (κ2) is 4.58. The smallest absolute Gasteiger partial charge is 0.127 e. The summed E-state index contributed by atoms with van der Waals surface area (Å²) in [4.78, 5) is 2.34. The largest absolute Gasteiger partial charge is 0.388 e. The summed E-state index contributed by atoms with van der Waals surface area (Å²) in [6.07, 6.45) is 3.37. The molecular weight excluding hydrogens is 297 g/mol. The van der Waals surface area contributed by atoms with E-state index >= 15 is 0 Å². The summed E-state index contributed by atoms with van der Waals surface area (Å²) in [5.41, 5.74) is -0.125. The molecule has 1 aromatic rings. The molecular formula is C14H17BrFNO. The maximum atomic E-state index is 13.9. The van der Waals surface area contributed by atoms with E-state index < -0.39 is 5.60 Å². The third kappa shape index (κ3) is 2.10. The summed E-state index contributed by atoms with van der Waals surface area (Å²) < 4.78 is 14.6. The van der Waals surface area contributed by atoms with Crippen LogP contribution in [0.3, 0.4) is 0 Å². The van der Waals surface area contributed by atoms with Crippen molar-refractivity contribution in [2.75, 3.05) is 13.1 Å². The molecule has 3 rings (SSSR count). The average molecular weight is 314 g/mol. The van der Waals surface area contributed by atoms with Crippen LogP contribution in [0.2, 0.25) is 0 Å². The van der Waals surface area contributed by atoms with Gasteiger partial charge in [0.25, 0.3) is 0 Å². The number of hydrogen-bond acceptors (Lipinski definition) is 2. The van der Waals surface area contributed by atoms with Crippen molar-refractivity contribution in [2.45, 2.75) is 37.3 Å². The van der Waals surface area contributed by atoms with Crippen LogP contribution in [0.1, 0.15) is 24.8 Å². The zero-order chi connectivity index (χ0) is 12.8. The zero-order valence-electron chi connectivity index (χ0n) is 10.2. The Balaban J connectivity index is 1.83. The van der Waals surface area contributed by atoms with E-state index in [1.54, 1.807) is 6.07 Å². The van der Waals surface area contributed by atoms with Gasteiger partial charge >= 0.3 is 0 Å². The number of rotatable bonds is 2. The Hall–Kier alpha value is -0.450. The molecule has 0 bridgehead atoms. The van der Waals surface area contributed by atoms with Gasteiger partial charge in [-0.1, -0.05) is 22.0 Å². The highest BCUT2D eigenvalue weighted by Crippen LogP contribution is 2.38. The van der Waals surface area contributed by atoms with E-state index in [4.69, 9.17) is 0 Å². The standard InChI is InChI=1S/C14H17BrFNO/c15-11-4-3-10(12(16)8-11)9-14(18)5-7-17-6-1-2-13(14)17/h3-4,8,13,18H,1-2,5-7,9H2. The summed E-state index contributed by atoms with van der Waals surface area (Å²) in [5.74, 6) is -0.228. The molecule has 2 heterocycles. The first-order valence-electron chi connectivity index (χ1n) is 6.49. The molecule has 2 saturated heterocycles. The molecule has 1 aromatic carbocycles. The number of nitrogens with zero attached hydrogens (tertiary/aromatic N) is 1. The van der Waals surface area contributed by atoms with Crippen molar-refractivity contribution in [1.82, 2.24) is 4.90 Å². The monoisotopic (exact) mass is 313 g/mol. The second-order valence-corrected chi connectivity index (χ2v) is 6.38. The molecule has 4 heteroatoms. The molecule has 0 radical (unpaired) electrons. The highest BCUT2D eigenvalue weighted by Gasteiger charge is 2.47. The number of aliphatic hydroxyl groups is 1. The van der Waals surface area contributed by atoms with Crippen molar-refractivity contribution in [1.29, 1.82) is 0 Å².